The summed E-state index contributed by atoms with van der Waals surface area (Å²) < 4.78 is 13.2. The number of carboxylic acids is 1. The summed E-state index contributed by atoms with van der Waals surface area (Å²) in [4.78, 5) is 28.9. The van der Waals surface area contributed by atoms with E-state index in [2.05, 4.69) is 41.9 Å². The van der Waals surface area contributed by atoms with Crippen molar-refractivity contribution < 1.29 is 19.4 Å². The number of ether oxygens (including phenoxy) is 2. The first-order valence-corrected chi connectivity index (χ1v) is 11.8. The fraction of sp³-hybridized carbons (Fsp3) is 0.273. The number of hydrogen-bond acceptors (Lipinski definition) is 6. The Balaban J connectivity index is 2.12. The maximum atomic E-state index is 13.2. The smallest absolute Gasteiger partial charge is 0.344 e. The molecular formula is C22H20Br2ClN3O5. The minimum atomic E-state index is -1.15. The van der Waals surface area contributed by atoms with Crippen LogP contribution in [0.25, 0.3) is 10.9 Å². The summed E-state index contributed by atoms with van der Waals surface area (Å²) in [7, 11) is 1.41. The summed E-state index contributed by atoms with van der Waals surface area (Å²) in [6, 6.07) is 6.90. The van der Waals surface area contributed by atoms with Crippen LogP contribution in [0.4, 0.5) is 0 Å². The van der Waals surface area contributed by atoms with Gasteiger partial charge < -0.3 is 14.6 Å². The Morgan fingerprint density at radius 1 is 1.36 bits per heavy atom. The van der Waals surface area contributed by atoms with Gasteiger partial charge in [-0.05, 0) is 53.5 Å². The minimum absolute atomic E-state index is 0.0825. The van der Waals surface area contributed by atoms with Gasteiger partial charge in [0.2, 0.25) is 0 Å². The molecule has 0 aliphatic carbocycles. The van der Waals surface area contributed by atoms with Crippen LogP contribution in [0.2, 0.25) is 5.02 Å². The highest BCUT2D eigenvalue weighted by atomic mass is 79.9. The van der Waals surface area contributed by atoms with Crippen molar-refractivity contribution in [3.63, 3.8) is 0 Å². The Morgan fingerprint density at radius 3 is 2.73 bits per heavy atom. The van der Waals surface area contributed by atoms with Gasteiger partial charge in [-0.25, -0.2) is 9.78 Å². The fourth-order valence-electron chi connectivity index (χ4n) is 3.01. The van der Waals surface area contributed by atoms with Crippen molar-refractivity contribution in [2.24, 2.45) is 5.10 Å². The lowest BCUT2D eigenvalue weighted by Crippen LogP contribution is -2.23. The van der Waals surface area contributed by atoms with Gasteiger partial charge in [0, 0.05) is 20.9 Å². The molecule has 0 saturated carbocycles. The van der Waals surface area contributed by atoms with Gasteiger partial charge in [-0.1, -0.05) is 34.5 Å². The second-order valence-corrected chi connectivity index (χ2v) is 9.11. The van der Waals surface area contributed by atoms with Crippen LogP contribution in [-0.4, -0.2) is 40.2 Å². The summed E-state index contributed by atoms with van der Waals surface area (Å²) in [6.45, 7) is 3.37. The quantitative estimate of drug-likeness (QED) is 0.353. The zero-order valence-electron chi connectivity index (χ0n) is 17.9. The first-order chi connectivity index (χ1) is 15.7. The molecule has 2 aromatic carbocycles. The van der Waals surface area contributed by atoms with Crippen molar-refractivity contribution >= 4 is 66.5 Å². The second kappa shape index (κ2) is 10.7. The number of aromatic nitrogens is 2. The number of hydrogen-bond donors (Lipinski definition) is 1. The fourth-order valence-corrected chi connectivity index (χ4v) is 4.01. The topological polar surface area (TPSA) is 103 Å². The molecular weight excluding hydrogens is 582 g/mol. The number of aliphatic carboxylic acids is 1. The average Bonchev–Trinajstić information content (AvgIpc) is 2.78. The number of methoxy groups -OCH3 is 1. The van der Waals surface area contributed by atoms with Crippen LogP contribution in [-0.2, 0) is 11.2 Å². The number of nitrogens with zero attached hydrogens (tertiary/aromatic N) is 3. The minimum Gasteiger partial charge on any atom is -0.493 e. The largest absolute Gasteiger partial charge is 0.493 e. The first-order valence-electron chi connectivity index (χ1n) is 9.88. The third kappa shape index (κ3) is 5.39. The van der Waals surface area contributed by atoms with Crippen LogP contribution in [0.5, 0.6) is 11.5 Å². The van der Waals surface area contributed by atoms with E-state index in [9.17, 15) is 9.59 Å². The van der Waals surface area contributed by atoms with Crippen molar-refractivity contribution in [3.05, 3.63) is 60.0 Å². The number of aryl methyl sites for hydroxylation is 1. The molecule has 1 N–H and O–H groups in total. The number of halogens is 3. The number of fused-ring (bicyclic) bond motifs is 1. The van der Waals surface area contributed by atoms with Gasteiger partial charge >= 0.3 is 5.97 Å². The van der Waals surface area contributed by atoms with Gasteiger partial charge in [-0.2, -0.15) is 9.78 Å². The third-order valence-corrected chi connectivity index (χ3v) is 6.62. The molecule has 0 saturated heterocycles. The van der Waals surface area contributed by atoms with E-state index in [-0.39, 0.29) is 22.1 Å². The summed E-state index contributed by atoms with van der Waals surface area (Å²) in [6.07, 6.45) is 1.65. The summed E-state index contributed by atoms with van der Waals surface area (Å²) in [5.41, 5.74) is 0.791. The first kappa shape index (κ1) is 25.2. The molecule has 0 bridgehead atoms. The maximum Gasteiger partial charge on any atom is 0.344 e. The highest BCUT2D eigenvalue weighted by molar-refractivity contribution is 9.10. The molecule has 3 rings (SSSR count). The lowest BCUT2D eigenvalue weighted by molar-refractivity contribution is -0.144. The lowest BCUT2D eigenvalue weighted by Gasteiger charge is -2.17. The van der Waals surface area contributed by atoms with E-state index in [1.807, 2.05) is 13.0 Å². The Bertz CT molecular complexity index is 1310. The van der Waals surface area contributed by atoms with Gasteiger partial charge in [0.05, 0.1) is 24.2 Å². The normalized spacial score (nSPS) is 12.3. The predicted octanol–water partition coefficient (Wildman–Crippen LogP) is 5.27. The summed E-state index contributed by atoms with van der Waals surface area (Å²) in [5.74, 6) is -0.315. The number of carbonyl (C=O) groups is 1. The van der Waals surface area contributed by atoms with Gasteiger partial charge in [0.25, 0.3) is 5.56 Å². The van der Waals surface area contributed by atoms with Crippen molar-refractivity contribution in [3.8, 4) is 11.5 Å². The van der Waals surface area contributed by atoms with E-state index in [1.165, 1.54) is 24.9 Å². The van der Waals surface area contributed by atoms with E-state index in [1.54, 1.807) is 18.2 Å². The summed E-state index contributed by atoms with van der Waals surface area (Å²) >= 11 is 13.2. The van der Waals surface area contributed by atoms with Gasteiger partial charge in [0.1, 0.15) is 10.8 Å². The third-order valence-electron chi connectivity index (χ3n) is 4.68. The van der Waals surface area contributed by atoms with Gasteiger partial charge in [-0.3, -0.25) is 4.79 Å². The van der Waals surface area contributed by atoms with Crippen LogP contribution in [0.1, 0.15) is 31.7 Å². The van der Waals surface area contributed by atoms with Crippen LogP contribution in [0, 0.1) is 0 Å². The van der Waals surface area contributed by atoms with Crippen molar-refractivity contribution in [2.45, 2.75) is 32.8 Å². The number of rotatable bonds is 8. The number of carboxylic acid groups (broad SMARTS) is 1. The molecule has 0 amide bonds. The van der Waals surface area contributed by atoms with E-state index in [0.29, 0.717) is 33.2 Å². The molecule has 11 heteroatoms. The number of benzene rings is 2. The molecule has 1 aromatic heterocycles. The highest BCUT2D eigenvalue weighted by Crippen LogP contribution is 2.42. The van der Waals surface area contributed by atoms with E-state index >= 15 is 0 Å². The van der Waals surface area contributed by atoms with Crippen molar-refractivity contribution in [1.29, 1.82) is 0 Å². The van der Waals surface area contributed by atoms with E-state index in [4.69, 9.17) is 26.2 Å². The molecule has 1 atom stereocenters. The zero-order valence-corrected chi connectivity index (χ0v) is 21.9. The Morgan fingerprint density at radius 2 is 2.09 bits per heavy atom. The average molecular weight is 602 g/mol. The lowest BCUT2D eigenvalue weighted by atomic mass is 10.2. The molecule has 3 aromatic rings. The highest BCUT2D eigenvalue weighted by Gasteiger charge is 2.22. The molecule has 0 radical (unpaired) electrons. The molecule has 0 aliphatic rings. The van der Waals surface area contributed by atoms with Crippen molar-refractivity contribution in [2.75, 3.05) is 7.11 Å². The molecule has 174 valence electrons. The SMILES string of the molecule is CCCc1nc2ccc(Br)cc2c(=O)n1N=Cc1cc(OC)c(O[C@@H](C)C(=O)O)c(Cl)c1Br. The molecule has 0 fully saturated rings. The monoisotopic (exact) mass is 599 g/mol. The second-order valence-electron chi connectivity index (χ2n) is 7.02. The zero-order chi connectivity index (χ0) is 24.3. The van der Waals surface area contributed by atoms with Crippen molar-refractivity contribution in [1.82, 2.24) is 9.66 Å². The molecule has 0 aliphatic heterocycles. The van der Waals surface area contributed by atoms with Crippen LogP contribution in [0.3, 0.4) is 0 Å². The van der Waals surface area contributed by atoms with Crippen LogP contribution < -0.4 is 15.0 Å². The van der Waals surface area contributed by atoms with Gasteiger partial charge in [-0.15, -0.1) is 0 Å². The van der Waals surface area contributed by atoms with Gasteiger partial charge in [0.15, 0.2) is 17.6 Å². The Kier molecular flexibility index (Phi) is 8.14. The Hall–Kier alpha value is -2.43. The predicted molar refractivity (Wildman–Crippen MR) is 134 cm³/mol. The standard InChI is InChI=1S/C22H20Br2ClN3O5/c1-4-5-17-27-15-7-6-13(23)9-14(15)21(29)28(17)26-10-12-8-16(32-3)20(19(25)18(12)24)33-11(2)22(30)31/h6-11H,4-5H2,1-3H3,(H,30,31)/t11-/m0/s1. The van der Waals surface area contributed by atoms with Crippen LogP contribution in [0.15, 0.2) is 43.1 Å². The molecule has 1 heterocycles. The summed E-state index contributed by atoms with van der Waals surface area (Å²) in [5, 5.41) is 14.1. The molecule has 8 nitrogen and oxygen atoms in total. The van der Waals surface area contributed by atoms with Crippen LogP contribution >= 0.6 is 43.5 Å². The Labute approximate surface area is 211 Å². The van der Waals surface area contributed by atoms with E-state index < -0.39 is 12.1 Å². The molecule has 0 unspecified atom stereocenters. The van der Waals surface area contributed by atoms with E-state index in [0.717, 1.165) is 10.9 Å². The molecule has 33 heavy (non-hydrogen) atoms. The molecule has 0 spiro atoms. The maximum absolute atomic E-state index is 13.2.